The molecule has 0 radical (unpaired) electrons. The Balaban J connectivity index is 2.20. The molecular weight excluding hydrogens is 298 g/mol. The number of benzene rings is 2. The lowest BCUT2D eigenvalue weighted by Gasteiger charge is -2.17. The van der Waals surface area contributed by atoms with Crippen LogP contribution in [-0.4, -0.2) is 16.4 Å². The van der Waals surface area contributed by atoms with Crippen LogP contribution in [-0.2, 0) is 6.42 Å². The van der Waals surface area contributed by atoms with Crippen molar-refractivity contribution in [3.63, 3.8) is 0 Å². The largest absolute Gasteiger partial charge is 0.372 e. The minimum atomic E-state index is -0.502. The number of nitrogens with one attached hydrogen (secondary N) is 1. The monoisotopic (exact) mass is 315 g/mol. The molecule has 0 spiro atoms. The van der Waals surface area contributed by atoms with Crippen LogP contribution >= 0.6 is 0 Å². The van der Waals surface area contributed by atoms with Gasteiger partial charge in [-0.15, -0.1) is 0 Å². The van der Waals surface area contributed by atoms with Gasteiger partial charge in [0.05, 0.1) is 4.92 Å². The van der Waals surface area contributed by atoms with Crippen LogP contribution < -0.4 is 5.32 Å². The van der Waals surface area contributed by atoms with Crippen molar-refractivity contribution in [2.45, 2.75) is 19.4 Å². The normalized spacial score (nSPS) is 11.7. The van der Waals surface area contributed by atoms with Crippen LogP contribution in [0.1, 0.15) is 24.1 Å². The Morgan fingerprint density at radius 2 is 1.61 bits per heavy atom. The molecule has 0 heterocycles. The summed E-state index contributed by atoms with van der Waals surface area (Å²) in [7, 11) is 0. The van der Waals surface area contributed by atoms with Crippen molar-refractivity contribution < 1.29 is 9.85 Å². The highest BCUT2D eigenvalue weighted by Crippen LogP contribution is 2.22. The fourth-order valence-electron chi connectivity index (χ4n) is 2.25. The van der Waals surface area contributed by atoms with Crippen LogP contribution in [0.25, 0.3) is 0 Å². The number of nitro benzene ring substituents is 1. The van der Waals surface area contributed by atoms with Crippen LogP contribution in [0, 0.1) is 20.2 Å². The van der Waals surface area contributed by atoms with E-state index in [-0.39, 0.29) is 17.2 Å². The fourth-order valence-corrected chi connectivity index (χ4v) is 2.25. The summed E-state index contributed by atoms with van der Waals surface area (Å²) in [5.41, 5.74) is 2.54. The van der Waals surface area contributed by atoms with Gasteiger partial charge in [0.2, 0.25) is 6.54 Å². The van der Waals surface area contributed by atoms with Crippen molar-refractivity contribution in [3.8, 4) is 0 Å². The summed E-state index contributed by atoms with van der Waals surface area (Å²) >= 11 is 0. The summed E-state index contributed by atoms with van der Waals surface area (Å²) in [6, 6.07) is 12.9. The first-order valence-electron chi connectivity index (χ1n) is 7.21. The highest BCUT2D eigenvalue weighted by atomic mass is 16.6. The molecule has 0 aliphatic heterocycles. The summed E-state index contributed by atoms with van der Waals surface area (Å²) in [4.78, 5) is 20.7. The third kappa shape index (κ3) is 4.50. The van der Waals surface area contributed by atoms with E-state index in [0.29, 0.717) is 5.69 Å². The van der Waals surface area contributed by atoms with Gasteiger partial charge in [0.1, 0.15) is 6.04 Å². The molecule has 0 aliphatic carbocycles. The Hall–Kier alpha value is -2.96. The zero-order chi connectivity index (χ0) is 16.8. The second kappa shape index (κ2) is 7.35. The minimum absolute atomic E-state index is 0.0197. The van der Waals surface area contributed by atoms with Gasteiger partial charge < -0.3 is 5.32 Å². The Kier molecular flexibility index (Phi) is 5.24. The SMILES string of the molecule is CCc1ccc(C(C[N+](=O)[O-])Nc2ccc([N+](=O)[O-])cc2)cc1. The maximum Gasteiger partial charge on any atom is 0.269 e. The summed E-state index contributed by atoms with van der Waals surface area (Å²) in [5, 5.41) is 24.6. The Bertz CT molecular complexity index is 683. The van der Waals surface area contributed by atoms with E-state index >= 15 is 0 Å². The lowest BCUT2D eigenvalue weighted by Crippen LogP contribution is -2.20. The van der Waals surface area contributed by atoms with E-state index in [2.05, 4.69) is 5.32 Å². The van der Waals surface area contributed by atoms with Crippen LogP contribution in [0.3, 0.4) is 0 Å². The summed E-state index contributed by atoms with van der Waals surface area (Å²) < 4.78 is 0. The van der Waals surface area contributed by atoms with Gasteiger partial charge in [-0.3, -0.25) is 20.2 Å². The van der Waals surface area contributed by atoms with Crippen molar-refractivity contribution in [2.75, 3.05) is 11.9 Å². The van der Waals surface area contributed by atoms with Gasteiger partial charge in [-0.2, -0.15) is 0 Å². The standard InChI is InChI=1S/C16H17N3O4/c1-2-12-3-5-13(6-4-12)16(11-18(20)21)17-14-7-9-15(10-8-14)19(22)23/h3-10,16-17H,2,11H2,1H3. The summed E-state index contributed by atoms with van der Waals surface area (Å²) in [6.07, 6.45) is 0.899. The van der Waals surface area contributed by atoms with Crippen molar-refractivity contribution in [1.82, 2.24) is 0 Å². The van der Waals surface area contributed by atoms with Crippen molar-refractivity contribution >= 4 is 11.4 Å². The molecule has 120 valence electrons. The molecule has 7 nitrogen and oxygen atoms in total. The molecule has 0 saturated carbocycles. The lowest BCUT2D eigenvalue weighted by atomic mass is 10.0. The quantitative estimate of drug-likeness (QED) is 0.622. The number of aryl methyl sites for hydroxylation is 1. The molecule has 1 unspecified atom stereocenters. The van der Waals surface area contributed by atoms with Crippen molar-refractivity contribution in [3.05, 3.63) is 79.9 Å². The van der Waals surface area contributed by atoms with E-state index in [9.17, 15) is 20.2 Å². The van der Waals surface area contributed by atoms with Gasteiger partial charge in [-0.25, -0.2) is 0 Å². The average Bonchev–Trinajstić information content (AvgIpc) is 2.54. The number of rotatable bonds is 7. The van der Waals surface area contributed by atoms with E-state index < -0.39 is 11.0 Å². The van der Waals surface area contributed by atoms with Crippen molar-refractivity contribution in [1.29, 1.82) is 0 Å². The Morgan fingerprint density at radius 3 is 2.09 bits per heavy atom. The number of anilines is 1. The van der Waals surface area contributed by atoms with Crippen LogP contribution in [0.15, 0.2) is 48.5 Å². The van der Waals surface area contributed by atoms with E-state index in [1.165, 1.54) is 12.1 Å². The van der Waals surface area contributed by atoms with Gasteiger partial charge in [-0.1, -0.05) is 31.2 Å². The average molecular weight is 315 g/mol. The van der Waals surface area contributed by atoms with E-state index in [0.717, 1.165) is 17.5 Å². The second-order valence-corrected chi connectivity index (χ2v) is 5.11. The molecule has 0 bridgehead atoms. The van der Waals surface area contributed by atoms with E-state index in [4.69, 9.17) is 0 Å². The third-order valence-corrected chi connectivity index (χ3v) is 3.54. The summed E-state index contributed by atoms with van der Waals surface area (Å²) in [6.45, 7) is 1.76. The number of nitrogens with zero attached hydrogens (tertiary/aromatic N) is 2. The van der Waals surface area contributed by atoms with Gasteiger partial charge in [0.25, 0.3) is 5.69 Å². The second-order valence-electron chi connectivity index (χ2n) is 5.11. The predicted octanol–water partition coefficient (Wildman–Crippen LogP) is 3.59. The Morgan fingerprint density at radius 1 is 1.00 bits per heavy atom. The van der Waals surface area contributed by atoms with Gasteiger partial charge in [-0.05, 0) is 29.7 Å². The van der Waals surface area contributed by atoms with Crippen LogP contribution in [0.5, 0.6) is 0 Å². The first-order chi connectivity index (χ1) is 11.0. The summed E-state index contributed by atoms with van der Waals surface area (Å²) in [5.74, 6) is 0. The predicted molar refractivity (Wildman–Crippen MR) is 87.1 cm³/mol. The molecule has 7 heteroatoms. The topological polar surface area (TPSA) is 98.3 Å². The van der Waals surface area contributed by atoms with Gasteiger partial charge >= 0.3 is 0 Å². The van der Waals surface area contributed by atoms with E-state index in [1.54, 1.807) is 12.1 Å². The number of nitro groups is 2. The molecule has 0 aromatic heterocycles. The highest BCUT2D eigenvalue weighted by Gasteiger charge is 2.18. The molecule has 0 aliphatic rings. The lowest BCUT2D eigenvalue weighted by molar-refractivity contribution is -0.482. The molecule has 1 atom stereocenters. The smallest absolute Gasteiger partial charge is 0.269 e. The molecule has 23 heavy (non-hydrogen) atoms. The van der Waals surface area contributed by atoms with Crippen molar-refractivity contribution in [2.24, 2.45) is 0 Å². The zero-order valence-electron chi connectivity index (χ0n) is 12.6. The fraction of sp³-hybridized carbons (Fsp3) is 0.250. The maximum absolute atomic E-state index is 10.9. The molecule has 2 aromatic rings. The molecule has 1 N–H and O–H groups in total. The molecule has 0 amide bonds. The first kappa shape index (κ1) is 16.4. The highest BCUT2D eigenvalue weighted by molar-refractivity contribution is 5.50. The number of hydrogen-bond donors (Lipinski definition) is 1. The zero-order valence-corrected chi connectivity index (χ0v) is 12.6. The minimum Gasteiger partial charge on any atom is -0.372 e. The molecular formula is C16H17N3O4. The molecule has 0 fully saturated rings. The Labute approximate surface area is 133 Å². The number of hydrogen-bond acceptors (Lipinski definition) is 5. The molecule has 2 aromatic carbocycles. The van der Waals surface area contributed by atoms with E-state index in [1.807, 2.05) is 31.2 Å². The van der Waals surface area contributed by atoms with Crippen LogP contribution in [0.2, 0.25) is 0 Å². The molecule has 2 rings (SSSR count). The van der Waals surface area contributed by atoms with Gasteiger partial charge in [0.15, 0.2) is 0 Å². The first-order valence-corrected chi connectivity index (χ1v) is 7.21. The molecule has 0 saturated heterocycles. The maximum atomic E-state index is 10.9. The third-order valence-electron chi connectivity index (χ3n) is 3.54. The van der Waals surface area contributed by atoms with Crippen LogP contribution in [0.4, 0.5) is 11.4 Å². The number of non-ortho nitro benzene ring substituents is 1. The van der Waals surface area contributed by atoms with Gasteiger partial charge in [0, 0.05) is 22.7 Å².